The van der Waals surface area contributed by atoms with Crippen LogP contribution in [0.3, 0.4) is 0 Å². The van der Waals surface area contributed by atoms with Gasteiger partial charge in [-0.1, -0.05) is 0 Å². The Morgan fingerprint density at radius 2 is 2.44 bits per heavy atom. The minimum atomic E-state index is 1.03. The first kappa shape index (κ1) is 6.75. The van der Waals surface area contributed by atoms with E-state index >= 15 is 0 Å². The first-order valence-corrected chi connectivity index (χ1v) is 3.62. The summed E-state index contributed by atoms with van der Waals surface area (Å²) in [5.41, 5.74) is 0. The first-order chi connectivity index (χ1) is 4.27. The van der Waals surface area contributed by atoms with E-state index in [1.54, 1.807) is 0 Å². The maximum Gasteiger partial charge on any atom is 0.185 e. The molecule has 1 aliphatic heterocycles. The highest BCUT2D eigenvalue weighted by molar-refractivity contribution is 5.46. The van der Waals surface area contributed by atoms with Crippen molar-refractivity contribution in [2.24, 2.45) is 4.99 Å². The number of hydrogen-bond acceptors (Lipinski definition) is 1. The highest BCUT2D eigenvalue weighted by Gasteiger charge is 2.18. The van der Waals surface area contributed by atoms with Gasteiger partial charge in [0.2, 0.25) is 0 Å². The SMILES string of the molecule is CC[N+]1(C)C=NCCC1. The number of aliphatic imine (C=N–C) groups is 1. The zero-order valence-electron chi connectivity index (χ0n) is 6.30. The molecule has 2 heteroatoms. The minimum Gasteiger partial charge on any atom is -0.284 e. The molecule has 9 heavy (non-hydrogen) atoms. The van der Waals surface area contributed by atoms with Gasteiger partial charge in [-0.05, 0) is 6.92 Å². The summed E-state index contributed by atoms with van der Waals surface area (Å²) in [4.78, 5) is 4.25. The average molecular weight is 127 g/mol. The van der Waals surface area contributed by atoms with E-state index in [1.807, 2.05) is 0 Å². The molecule has 0 N–H and O–H groups in total. The summed E-state index contributed by atoms with van der Waals surface area (Å²) in [7, 11) is 2.22. The molecular formula is C7H15N2+. The van der Waals surface area contributed by atoms with Crippen LogP contribution in [0.25, 0.3) is 0 Å². The Morgan fingerprint density at radius 3 is 2.78 bits per heavy atom. The number of hydrogen-bond donors (Lipinski definition) is 0. The van der Waals surface area contributed by atoms with Gasteiger partial charge in [-0.3, -0.25) is 4.48 Å². The molecule has 1 rings (SSSR count). The molecule has 0 saturated heterocycles. The van der Waals surface area contributed by atoms with Gasteiger partial charge in [0.25, 0.3) is 0 Å². The Labute approximate surface area is 56.8 Å². The zero-order chi connectivity index (χ0) is 6.74. The van der Waals surface area contributed by atoms with E-state index in [0.717, 1.165) is 11.0 Å². The fourth-order valence-electron chi connectivity index (χ4n) is 1.08. The van der Waals surface area contributed by atoms with Crippen LogP contribution in [0.2, 0.25) is 0 Å². The lowest BCUT2D eigenvalue weighted by Gasteiger charge is -2.29. The van der Waals surface area contributed by atoms with E-state index in [4.69, 9.17) is 0 Å². The molecule has 0 amide bonds. The average Bonchev–Trinajstić information content (AvgIpc) is 1.90. The molecular weight excluding hydrogens is 112 g/mol. The quantitative estimate of drug-likeness (QED) is 0.464. The topological polar surface area (TPSA) is 12.4 Å². The van der Waals surface area contributed by atoms with Gasteiger partial charge in [-0.25, -0.2) is 4.99 Å². The van der Waals surface area contributed by atoms with Crippen LogP contribution in [0, 0.1) is 0 Å². The second-order valence-corrected chi connectivity index (χ2v) is 2.89. The van der Waals surface area contributed by atoms with Crippen molar-refractivity contribution in [3.05, 3.63) is 0 Å². The van der Waals surface area contributed by atoms with Crippen molar-refractivity contribution in [2.45, 2.75) is 13.3 Å². The Hall–Kier alpha value is -0.370. The van der Waals surface area contributed by atoms with E-state index in [0.29, 0.717) is 0 Å². The third-order valence-electron chi connectivity index (χ3n) is 2.04. The lowest BCUT2D eigenvalue weighted by molar-refractivity contribution is -0.814. The van der Waals surface area contributed by atoms with Crippen molar-refractivity contribution in [2.75, 3.05) is 26.7 Å². The van der Waals surface area contributed by atoms with E-state index in [1.165, 1.54) is 19.5 Å². The fraction of sp³-hybridized carbons (Fsp3) is 0.857. The number of nitrogens with zero attached hydrogens (tertiary/aromatic N) is 2. The van der Waals surface area contributed by atoms with Crippen LogP contribution in [0.5, 0.6) is 0 Å². The normalized spacial score (nSPS) is 34.9. The van der Waals surface area contributed by atoms with Crippen molar-refractivity contribution in [1.29, 1.82) is 0 Å². The van der Waals surface area contributed by atoms with Gasteiger partial charge < -0.3 is 0 Å². The van der Waals surface area contributed by atoms with Crippen LogP contribution in [-0.2, 0) is 0 Å². The van der Waals surface area contributed by atoms with E-state index < -0.39 is 0 Å². The molecule has 0 aromatic carbocycles. The van der Waals surface area contributed by atoms with Crippen LogP contribution in [0.15, 0.2) is 4.99 Å². The van der Waals surface area contributed by atoms with Crippen LogP contribution >= 0.6 is 0 Å². The van der Waals surface area contributed by atoms with Gasteiger partial charge in [-0.15, -0.1) is 0 Å². The Kier molecular flexibility index (Phi) is 1.86. The molecule has 0 bridgehead atoms. The third-order valence-corrected chi connectivity index (χ3v) is 2.04. The molecule has 0 radical (unpaired) electrons. The molecule has 52 valence electrons. The lowest BCUT2D eigenvalue weighted by atomic mass is 10.3. The second-order valence-electron chi connectivity index (χ2n) is 2.89. The molecule has 0 saturated carbocycles. The molecule has 0 aromatic rings. The van der Waals surface area contributed by atoms with Gasteiger partial charge in [0.05, 0.1) is 20.1 Å². The summed E-state index contributed by atoms with van der Waals surface area (Å²) in [6.45, 7) is 5.68. The highest BCUT2D eigenvalue weighted by Crippen LogP contribution is 2.04. The summed E-state index contributed by atoms with van der Waals surface area (Å²) >= 11 is 0. The standard InChI is InChI=1S/C7H15N2/c1-3-9(2)6-4-5-8-7-9/h7H,3-6H2,1-2H3/q+1. The zero-order valence-corrected chi connectivity index (χ0v) is 6.30. The van der Waals surface area contributed by atoms with E-state index in [2.05, 4.69) is 25.3 Å². The largest absolute Gasteiger partial charge is 0.284 e. The van der Waals surface area contributed by atoms with Crippen LogP contribution in [0.1, 0.15) is 13.3 Å². The van der Waals surface area contributed by atoms with E-state index in [9.17, 15) is 0 Å². The summed E-state index contributed by atoms with van der Waals surface area (Å²) in [6.07, 6.45) is 3.32. The lowest BCUT2D eigenvalue weighted by Crippen LogP contribution is -2.45. The fourth-order valence-corrected chi connectivity index (χ4v) is 1.08. The van der Waals surface area contributed by atoms with Crippen molar-refractivity contribution in [3.8, 4) is 0 Å². The highest BCUT2D eigenvalue weighted by atomic mass is 15.3. The molecule has 1 aliphatic rings. The Balaban J connectivity index is 2.56. The molecule has 0 aromatic heterocycles. The molecule has 0 aliphatic carbocycles. The van der Waals surface area contributed by atoms with Crippen LogP contribution in [-0.4, -0.2) is 37.5 Å². The molecule has 0 spiro atoms. The first-order valence-electron chi connectivity index (χ1n) is 3.62. The third kappa shape index (κ3) is 1.52. The predicted octanol–water partition coefficient (Wildman–Crippen LogP) is 0.885. The Bertz CT molecular complexity index is 120. The summed E-state index contributed by atoms with van der Waals surface area (Å²) in [5, 5.41) is 0. The Morgan fingerprint density at radius 1 is 1.67 bits per heavy atom. The van der Waals surface area contributed by atoms with Crippen molar-refractivity contribution >= 4 is 6.34 Å². The van der Waals surface area contributed by atoms with Gasteiger partial charge >= 0.3 is 0 Å². The predicted molar refractivity (Wildman–Crippen MR) is 39.6 cm³/mol. The summed E-state index contributed by atoms with van der Waals surface area (Å²) in [6, 6.07) is 0. The molecule has 2 nitrogen and oxygen atoms in total. The van der Waals surface area contributed by atoms with Crippen molar-refractivity contribution in [1.82, 2.24) is 0 Å². The van der Waals surface area contributed by atoms with Crippen LogP contribution in [0.4, 0.5) is 0 Å². The smallest absolute Gasteiger partial charge is 0.185 e. The van der Waals surface area contributed by atoms with Gasteiger partial charge in [0.1, 0.15) is 0 Å². The van der Waals surface area contributed by atoms with Crippen molar-refractivity contribution < 1.29 is 4.48 Å². The van der Waals surface area contributed by atoms with Crippen molar-refractivity contribution in [3.63, 3.8) is 0 Å². The molecule has 1 unspecified atom stereocenters. The molecule has 1 atom stereocenters. The monoisotopic (exact) mass is 127 g/mol. The van der Waals surface area contributed by atoms with Gasteiger partial charge in [-0.2, -0.15) is 0 Å². The van der Waals surface area contributed by atoms with Crippen LogP contribution < -0.4 is 0 Å². The summed E-state index contributed by atoms with van der Waals surface area (Å²) < 4.78 is 1.03. The van der Waals surface area contributed by atoms with Gasteiger partial charge in [0.15, 0.2) is 6.34 Å². The maximum absolute atomic E-state index is 4.25. The number of rotatable bonds is 1. The van der Waals surface area contributed by atoms with E-state index in [-0.39, 0.29) is 0 Å². The molecule has 0 fully saturated rings. The minimum absolute atomic E-state index is 1.03. The second kappa shape index (κ2) is 2.48. The molecule has 1 heterocycles. The maximum atomic E-state index is 4.25. The van der Waals surface area contributed by atoms with Gasteiger partial charge in [0, 0.05) is 13.0 Å². The summed E-state index contributed by atoms with van der Waals surface area (Å²) in [5.74, 6) is 0. The number of quaternary nitrogens is 1.